The molecule has 1 aliphatic heterocycles. The Morgan fingerprint density at radius 3 is 2.19 bits per heavy atom. The van der Waals surface area contributed by atoms with Crippen molar-refractivity contribution in [2.45, 2.75) is 25.5 Å². The fraction of sp³-hybridized carbons (Fsp3) is 0.276. The summed E-state index contributed by atoms with van der Waals surface area (Å²) in [5.41, 5.74) is -2.36. The first-order chi connectivity index (χ1) is 20.4. The van der Waals surface area contributed by atoms with Crippen LogP contribution in [-0.4, -0.2) is 51.7 Å². The Bertz CT molecular complexity index is 1620. The number of carbonyl (C=O) groups is 1. The number of ether oxygens (including phenoxy) is 1. The van der Waals surface area contributed by atoms with E-state index in [0.29, 0.717) is 29.1 Å². The second kappa shape index (κ2) is 12.0. The fourth-order valence-corrected chi connectivity index (χ4v) is 4.62. The molecule has 0 saturated carbocycles. The number of nitrogens with zero attached hydrogens (tertiary/aromatic N) is 4. The van der Waals surface area contributed by atoms with Crippen molar-refractivity contribution in [1.82, 2.24) is 19.6 Å². The topological polar surface area (TPSA) is 80.8 Å². The number of para-hydroxylation sites is 1. The summed E-state index contributed by atoms with van der Waals surface area (Å²) in [6, 6.07) is 13.3. The SMILES string of the molecule is O=C(c1cnn(-c2ccccc2)c1C(F)(F)F)N1CCN(Cc2cc(=O)c(OCc3ccc(C(F)(F)F)cc3)co2)CC1. The molecule has 0 bridgehead atoms. The second-order valence-electron chi connectivity index (χ2n) is 9.78. The summed E-state index contributed by atoms with van der Waals surface area (Å²) >= 11 is 0. The molecule has 1 aliphatic rings. The molecule has 0 spiro atoms. The molecular formula is C29H24F6N4O4. The minimum atomic E-state index is -4.82. The van der Waals surface area contributed by atoms with Crippen LogP contribution in [0.2, 0.25) is 0 Å². The standard InChI is InChI=1S/C29H24F6N4O4/c30-28(31,32)20-8-6-19(7-9-20)17-43-25-18-42-22(14-24(25)40)16-37-10-12-38(13-11-37)27(41)23-15-36-39(26(23)29(33,34)35)21-4-2-1-3-5-21/h1-9,14-15,18H,10-13,16-17H2. The molecule has 2 aromatic carbocycles. The zero-order valence-corrected chi connectivity index (χ0v) is 22.4. The number of benzene rings is 2. The molecule has 8 nitrogen and oxygen atoms in total. The van der Waals surface area contributed by atoms with Crippen molar-refractivity contribution >= 4 is 5.91 Å². The first kappa shape index (κ1) is 29.9. The Labute approximate surface area is 240 Å². The number of halogens is 6. The molecule has 1 fully saturated rings. The third-order valence-electron chi connectivity index (χ3n) is 6.84. The number of hydrogen-bond acceptors (Lipinski definition) is 6. The number of carbonyl (C=O) groups excluding carboxylic acids is 1. The fourth-order valence-electron chi connectivity index (χ4n) is 4.62. The maximum atomic E-state index is 14.0. The molecule has 0 atom stereocenters. The van der Waals surface area contributed by atoms with Gasteiger partial charge in [-0.15, -0.1) is 0 Å². The van der Waals surface area contributed by atoms with E-state index in [4.69, 9.17) is 9.15 Å². The maximum absolute atomic E-state index is 14.0. The van der Waals surface area contributed by atoms with Crippen LogP contribution in [0.25, 0.3) is 5.69 Å². The molecule has 0 aliphatic carbocycles. The van der Waals surface area contributed by atoms with Crippen LogP contribution in [0.5, 0.6) is 5.75 Å². The third-order valence-corrected chi connectivity index (χ3v) is 6.84. The van der Waals surface area contributed by atoms with Gasteiger partial charge in [-0.1, -0.05) is 30.3 Å². The van der Waals surface area contributed by atoms with E-state index in [1.807, 2.05) is 4.90 Å². The predicted molar refractivity (Wildman–Crippen MR) is 141 cm³/mol. The Balaban J connectivity index is 1.18. The first-order valence-corrected chi connectivity index (χ1v) is 13.0. The van der Waals surface area contributed by atoms with Crippen molar-refractivity contribution in [1.29, 1.82) is 0 Å². The highest BCUT2D eigenvalue weighted by molar-refractivity contribution is 5.95. The van der Waals surface area contributed by atoms with E-state index in [1.54, 1.807) is 18.2 Å². The van der Waals surface area contributed by atoms with Gasteiger partial charge in [0.25, 0.3) is 5.91 Å². The lowest BCUT2D eigenvalue weighted by Crippen LogP contribution is -2.48. The van der Waals surface area contributed by atoms with Crippen molar-refractivity contribution in [3.05, 3.63) is 111 Å². The second-order valence-corrected chi connectivity index (χ2v) is 9.78. The zero-order chi connectivity index (χ0) is 30.8. The van der Waals surface area contributed by atoms with E-state index in [1.165, 1.54) is 35.2 Å². The molecule has 0 N–H and O–H groups in total. The van der Waals surface area contributed by atoms with Gasteiger partial charge in [0, 0.05) is 32.2 Å². The van der Waals surface area contributed by atoms with Crippen molar-refractivity contribution in [2.24, 2.45) is 0 Å². The summed E-state index contributed by atoms with van der Waals surface area (Å²) in [5.74, 6) is -0.596. The molecule has 1 amide bonds. The summed E-state index contributed by atoms with van der Waals surface area (Å²) in [7, 11) is 0. The molecule has 0 unspecified atom stereocenters. The highest BCUT2D eigenvalue weighted by Crippen LogP contribution is 2.34. The van der Waals surface area contributed by atoms with Gasteiger partial charge in [0.15, 0.2) is 5.69 Å². The van der Waals surface area contributed by atoms with Gasteiger partial charge < -0.3 is 14.1 Å². The van der Waals surface area contributed by atoms with Crippen LogP contribution in [0.4, 0.5) is 26.3 Å². The van der Waals surface area contributed by atoms with Gasteiger partial charge in [-0.3, -0.25) is 14.5 Å². The number of hydrogen-bond donors (Lipinski definition) is 0. The van der Waals surface area contributed by atoms with Crippen LogP contribution in [0.1, 0.15) is 32.9 Å². The van der Waals surface area contributed by atoms with Gasteiger partial charge in [-0.05, 0) is 29.8 Å². The van der Waals surface area contributed by atoms with E-state index in [2.05, 4.69) is 5.10 Å². The molecule has 1 saturated heterocycles. The first-order valence-electron chi connectivity index (χ1n) is 13.0. The van der Waals surface area contributed by atoms with Crippen LogP contribution in [0, 0.1) is 0 Å². The van der Waals surface area contributed by atoms with Crippen molar-refractivity contribution in [2.75, 3.05) is 26.2 Å². The number of amides is 1. The average Bonchev–Trinajstić information content (AvgIpc) is 3.43. The van der Waals surface area contributed by atoms with Gasteiger partial charge in [-0.25, -0.2) is 4.68 Å². The number of aromatic nitrogens is 2. The van der Waals surface area contributed by atoms with Gasteiger partial charge in [0.2, 0.25) is 11.2 Å². The Morgan fingerprint density at radius 1 is 0.907 bits per heavy atom. The molecule has 4 aromatic rings. The van der Waals surface area contributed by atoms with Crippen LogP contribution >= 0.6 is 0 Å². The lowest BCUT2D eigenvalue weighted by Gasteiger charge is -2.34. The van der Waals surface area contributed by atoms with Crippen molar-refractivity contribution in [3.63, 3.8) is 0 Å². The Kier molecular flexibility index (Phi) is 8.31. The monoisotopic (exact) mass is 606 g/mol. The van der Waals surface area contributed by atoms with E-state index in [-0.39, 0.29) is 37.7 Å². The normalized spacial score (nSPS) is 14.6. The average molecular weight is 607 g/mol. The van der Waals surface area contributed by atoms with Gasteiger partial charge in [0.05, 0.1) is 29.6 Å². The summed E-state index contributed by atoms with van der Waals surface area (Å²) in [4.78, 5) is 28.8. The molecule has 5 rings (SSSR count). The van der Waals surface area contributed by atoms with Gasteiger partial charge in [0.1, 0.15) is 18.6 Å². The Morgan fingerprint density at radius 2 is 1.58 bits per heavy atom. The molecule has 2 aromatic heterocycles. The van der Waals surface area contributed by atoms with Crippen molar-refractivity contribution < 1.29 is 40.3 Å². The van der Waals surface area contributed by atoms with E-state index in [0.717, 1.165) is 24.6 Å². The third kappa shape index (κ3) is 6.91. The molecule has 14 heteroatoms. The Hall–Kier alpha value is -4.59. The van der Waals surface area contributed by atoms with Crippen LogP contribution < -0.4 is 10.2 Å². The highest BCUT2D eigenvalue weighted by Gasteiger charge is 2.41. The lowest BCUT2D eigenvalue weighted by atomic mass is 10.1. The van der Waals surface area contributed by atoms with E-state index >= 15 is 0 Å². The van der Waals surface area contributed by atoms with Gasteiger partial charge in [-0.2, -0.15) is 31.4 Å². The molecule has 43 heavy (non-hydrogen) atoms. The molecular weight excluding hydrogens is 582 g/mol. The minimum absolute atomic E-state index is 0.115. The minimum Gasteiger partial charge on any atom is -0.482 e. The van der Waals surface area contributed by atoms with Crippen LogP contribution in [0.3, 0.4) is 0 Å². The smallest absolute Gasteiger partial charge is 0.434 e. The predicted octanol–water partition coefficient (Wildman–Crippen LogP) is 5.40. The number of rotatable bonds is 7. The maximum Gasteiger partial charge on any atom is 0.434 e. The summed E-state index contributed by atoms with van der Waals surface area (Å²) in [6.45, 7) is 0.983. The summed E-state index contributed by atoms with van der Waals surface area (Å²) < 4.78 is 91.7. The summed E-state index contributed by atoms with van der Waals surface area (Å²) in [6.07, 6.45) is -7.22. The largest absolute Gasteiger partial charge is 0.482 e. The zero-order valence-electron chi connectivity index (χ0n) is 22.4. The lowest BCUT2D eigenvalue weighted by molar-refractivity contribution is -0.143. The number of piperazine rings is 1. The number of alkyl halides is 6. The molecule has 226 valence electrons. The highest BCUT2D eigenvalue weighted by atomic mass is 19.4. The summed E-state index contributed by atoms with van der Waals surface area (Å²) in [5, 5.41) is 3.84. The molecule has 0 radical (unpaired) electrons. The molecule has 3 heterocycles. The van der Waals surface area contributed by atoms with E-state index < -0.39 is 40.5 Å². The van der Waals surface area contributed by atoms with E-state index in [9.17, 15) is 35.9 Å². The van der Waals surface area contributed by atoms with Crippen molar-refractivity contribution in [3.8, 4) is 11.4 Å². The quantitative estimate of drug-likeness (QED) is 0.262. The van der Waals surface area contributed by atoms with Gasteiger partial charge >= 0.3 is 12.4 Å². The van der Waals surface area contributed by atoms with Crippen LogP contribution in [-0.2, 0) is 25.5 Å². The van der Waals surface area contributed by atoms with Crippen LogP contribution in [0.15, 0.2) is 82.3 Å².